The molecule has 0 bridgehead atoms. The third-order valence-corrected chi connectivity index (χ3v) is 2.26. The molecule has 3 amide bonds. The van der Waals surface area contributed by atoms with Gasteiger partial charge in [-0.05, 0) is 33.6 Å². The summed E-state index contributed by atoms with van der Waals surface area (Å²) < 4.78 is 0. The molecule has 0 aliphatic carbocycles. The number of carbonyl (C=O) groups is 3. The molecular formula is C12H23N3O4. The molecule has 0 rings (SSSR count). The average Bonchev–Trinajstić information content (AvgIpc) is 2.24. The molecule has 19 heavy (non-hydrogen) atoms. The highest BCUT2D eigenvalue weighted by Crippen LogP contribution is 2.00. The van der Waals surface area contributed by atoms with E-state index in [1.54, 1.807) is 6.92 Å². The highest BCUT2D eigenvalue weighted by Gasteiger charge is 2.09. The zero-order chi connectivity index (χ0) is 14.8. The van der Waals surface area contributed by atoms with Gasteiger partial charge in [0.15, 0.2) is 0 Å². The lowest BCUT2D eigenvalue weighted by Gasteiger charge is -2.14. The summed E-state index contributed by atoms with van der Waals surface area (Å²) in [5.41, 5.74) is 0. The molecule has 0 aromatic rings. The summed E-state index contributed by atoms with van der Waals surface area (Å²) in [6.45, 7) is 5.38. The Hall–Kier alpha value is -1.79. The summed E-state index contributed by atoms with van der Waals surface area (Å²) in [6, 6.07) is -0.526. The van der Waals surface area contributed by atoms with Crippen LogP contribution in [0.5, 0.6) is 0 Å². The molecule has 0 fully saturated rings. The highest BCUT2D eigenvalue weighted by molar-refractivity contribution is 5.84. The van der Waals surface area contributed by atoms with Crippen LogP contribution in [0.2, 0.25) is 0 Å². The summed E-state index contributed by atoms with van der Waals surface area (Å²) in [7, 11) is 0. The van der Waals surface area contributed by atoms with Crippen molar-refractivity contribution in [1.82, 2.24) is 16.0 Å². The minimum atomic E-state index is -0.845. The van der Waals surface area contributed by atoms with Crippen molar-refractivity contribution in [1.29, 1.82) is 0 Å². The number of urea groups is 1. The van der Waals surface area contributed by atoms with Crippen molar-refractivity contribution in [2.24, 2.45) is 0 Å². The van der Waals surface area contributed by atoms with Crippen LogP contribution in [0.1, 0.15) is 40.0 Å². The van der Waals surface area contributed by atoms with Crippen molar-refractivity contribution in [3.05, 3.63) is 0 Å². The number of nitrogens with one attached hydrogen (secondary N) is 3. The lowest BCUT2D eigenvalue weighted by atomic mass is 10.1. The Bertz CT molecular complexity index is 318. The number of carboxylic acid groups (broad SMARTS) is 1. The zero-order valence-corrected chi connectivity index (χ0v) is 11.7. The van der Waals surface area contributed by atoms with E-state index in [4.69, 9.17) is 5.11 Å². The van der Waals surface area contributed by atoms with E-state index in [1.165, 1.54) is 0 Å². The van der Waals surface area contributed by atoms with E-state index in [9.17, 15) is 14.4 Å². The van der Waals surface area contributed by atoms with Crippen LogP contribution >= 0.6 is 0 Å². The smallest absolute Gasteiger partial charge is 0.315 e. The summed E-state index contributed by atoms with van der Waals surface area (Å²) in [6.07, 6.45) is 1.17. The first-order valence-electron chi connectivity index (χ1n) is 6.36. The fourth-order valence-corrected chi connectivity index (χ4v) is 1.44. The molecule has 0 radical (unpaired) electrons. The van der Waals surface area contributed by atoms with Crippen LogP contribution in [0.3, 0.4) is 0 Å². The van der Waals surface area contributed by atoms with Gasteiger partial charge in [-0.2, -0.15) is 0 Å². The van der Waals surface area contributed by atoms with Gasteiger partial charge in [-0.15, -0.1) is 0 Å². The Labute approximate surface area is 113 Å². The molecule has 0 saturated heterocycles. The van der Waals surface area contributed by atoms with Crippen LogP contribution in [0, 0.1) is 0 Å². The maximum atomic E-state index is 11.4. The quantitative estimate of drug-likeness (QED) is 0.515. The van der Waals surface area contributed by atoms with Gasteiger partial charge in [0.05, 0.1) is 6.54 Å². The summed E-state index contributed by atoms with van der Waals surface area (Å²) in [5.74, 6) is -1.09. The van der Waals surface area contributed by atoms with Gasteiger partial charge in [-0.3, -0.25) is 9.59 Å². The Morgan fingerprint density at radius 2 is 1.74 bits per heavy atom. The second kappa shape index (κ2) is 9.18. The first-order valence-corrected chi connectivity index (χ1v) is 6.36. The normalized spacial score (nSPS) is 11.8. The lowest BCUT2D eigenvalue weighted by Crippen LogP contribution is -2.46. The summed E-state index contributed by atoms with van der Waals surface area (Å²) in [5, 5.41) is 16.2. The standard InChI is InChI=1S/C12H23N3O4/c1-8(2)14-10(16)7-13-12(19)15-9(3)5-4-6-11(17)18/h8-9H,4-7H2,1-3H3,(H,14,16)(H,17,18)(H2,13,15,19). The van der Waals surface area contributed by atoms with Gasteiger partial charge in [0.2, 0.25) is 5.91 Å². The second-order valence-corrected chi connectivity index (χ2v) is 4.74. The predicted octanol–water partition coefficient (Wildman–Crippen LogP) is 0.454. The van der Waals surface area contributed by atoms with Crippen molar-refractivity contribution >= 4 is 17.9 Å². The van der Waals surface area contributed by atoms with E-state index in [-0.39, 0.29) is 31.0 Å². The highest BCUT2D eigenvalue weighted by atomic mass is 16.4. The number of carboxylic acids is 1. The molecule has 0 aromatic carbocycles. The predicted molar refractivity (Wildman–Crippen MR) is 70.8 cm³/mol. The number of hydrogen-bond acceptors (Lipinski definition) is 3. The average molecular weight is 273 g/mol. The van der Waals surface area contributed by atoms with Gasteiger partial charge in [0.1, 0.15) is 0 Å². The lowest BCUT2D eigenvalue weighted by molar-refractivity contribution is -0.137. The molecule has 0 saturated carbocycles. The molecular weight excluding hydrogens is 250 g/mol. The SMILES string of the molecule is CC(C)NC(=O)CNC(=O)NC(C)CCCC(=O)O. The molecule has 110 valence electrons. The zero-order valence-electron chi connectivity index (χ0n) is 11.7. The first-order chi connectivity index (χ1) is 8.81. The number of carbonyl (C=O) groups excluding carboxylic acids is 2. The van der Waals surface area contributed by atoms with E-state index in [0.717, 1.165) is 0 Å². The van der Waals surface area contributed by atoms with Crippen LogP contribution in [0.15, 0.2) is 0 Å². The maximum Gasteiger partial charge on any atom is 0.315 e. The minimum absolute atomic E-state index is 0.0345. The van der Waals surface area contributed by atoms with Gasteiger partial charge in [0, 0.05) is 18.5 Å². The molecule has 0 heterocycles. The molecule has 0 aliphatic rings. The molecule has 0 aromatic heterocycles. The fourth-order valence-electron chi connectivity index (χ4n) is 1.44. The van der Waals surface area contributed by atoms with Crippen LogP contribution < -0.4 is 16.0 Å². The van der Waals surface area contributed by atoms with Gasteiger partial charge in [0.25, 0.3) is 0 Å². The third-order valence-electron chi connectivity index (χ3n) is 2.26. The minimum Gasteiger partial charge on any atom is -0.481 e. The monoisotopic (exact) mass is 273 g/mol. The molecule has 4 N–H and O–H groups in total. The van der Waals surface area contributed by atoms with Crippen molar-refractivity contribution < 1.29 is 19.5 Å². The maximum absolute atomic E-state index is 11.4. The van der Waals surface area contributed by atoms with Crippen LogP contribution in [0.4, 0.5) is 4.79 Å². The topological polar surface area (TPSA) is 108 Å². The molecule has 7 nitrogen and oxygen atoms in total. The van der Waals surface area contributed by atoms with Gasteiger partial charge < -0.3 is 21.1 Å². The largest absolute Gasteiger partial charge is 0.481 e. The molecule has 1 atom stereocenters. The van der Waals surface area contributed by atoms with Crippen molar-refractivity contribution in [2.75, 3.05) is 6.54 Å². The fraction of sp³-hybridized carbons (Fsp3) is 0.750. The number of rotatable bonds is 8. The van der Waals surface area contributed by atoms with E-state index in [0.29, 0.717) is 12.8 Å². The van der Waals surface area contributed by atoms with E-state index >= 15 is 0 Å². The van der Waals surface area contributed by atoms with Crippen molar-refractivity contribution in [3.63, 3.8) is 0 Å². The van der Waals surface area contributed by atoms with Crippen LogP contribution in [0.25, 0.3) is 0 Å². The van der Waals surface area contributed by atoms with E-state index in [1.807, 2.05) is 13.8 Å². The first kappa shape index (κ1) is 17.2. The third kappa shape index (κ3) is 11.1. The van der Waals surface area contributed by atoms with Crippen LogP contribution in [-0.4, -0.2) is 41.6 Å². The Balaban J connectivity index is 3.73. The van der Waals surface area contributed by atoms with Crippen molar-refractivity contribution in [3.8, 4) is 0 Å². The number of amides is 3. The second-order valence-electron chi connectivity index (χ2n) is 4.74. The number of hydrogen-bond donors (Lipinski definition) is 4. The van der Waals surface area contributed by atoms with Gasteiger partial charge >= 0.3 is 12.0 Å². The molecule has 0 spiro atoms. The van der Waals surface area contributed by atoms with Gasteiger partial charge in [-0.25, -0.2) is 4.79 Å². The van der Waals surface area contributed by atoms with Gasteiger partial charge in [-0.1, -0.05) is 0 Å². The van der Waals surface area contributed by atoms with Crippen molar-refractivity contribution in [2.45, 2.75) is 52.1 Å². The van der Waals surface area contributed by atoms with E-state index in [2.05, 4.69) is 16.0 Å². The summed E-state index contributed by atoms with van der Waals surface area (Å²) >= 11 is 0. The Kier molecular flexibility index (Phi) is 8.32. The molecule has 0 aliphatic heterocycles. The molecule has 7 heteroatoms. The van der Waals surface area contributed by atoms with Crippen LogP contribution in [-0.2, 0) is 9.59 Å². The number of aliphatic carboxylic acids is 1. The Morgan fingerprint density at radius 1 is 1.11 bits per heavy atom. The van der Waals surface area contributed by atoms with E-state index < -0.39 is 12.0 Å². The summed E-state index contributed by atoms with van der Waals surface area (Å²) in [4.78, 5) is 33.0. The Morgan fingerprint density at radius 3 is 2.26 bits per heavy atom. The molecule has 1 unspecified atom stereocenters.